The molecule has 2 aromatic carbocycles. The van der Waals surface area contributed by atoms with Crippen molar-refractivity contribution in [3.63, 3.8) is 0 Å². The van der Waals surface area contributed by atoms with Crippen molar-refractivity contribution in [2.45, 2.75) is 49.3 Å². The fourth-order valence-corrected chi connectivity index (χ4v) is 7.26. The average molecular weight is 415 g/mol. The number of hydrogen-bond donors (Lipinski definition) is 3. The van der Waals surface area contributed by atoms with Gasteiger partial charge in [0.05, 0.1) is 16.7 Å². The van der Waals surface area contributed by atoms with Crippen LogP contribution in [0, 0.1) is 0 Å². The normalized spacial score (nSPS) is 32.5. The fourth-order valence-electron chi connectivity index (χ4n) is 7.26. The van der Waals surface area contributed by atoms with Gasteiger partial charge in [0, 0.05) is 42.0 Å². The zero-order chi connectivity index (χ0) is 21.1. The molecule has 7 rings (SSSR count). The number of hydrogen-bond acceptors (Lipinski definition) is 4. The van der Waals surface area contributed by atoms with Crippen LogP contribution in [0.5, 0.6) is 11.5 Å². The van der Waals surface area contributed by atoms with E-state index in [9.17, 15) is 10.2 Å². The van der Waals surface area contributed by atoms with Gasteiger partial charge in [-0.1, -0.05) is 36.4 Å². The molecule has 2 aliphatic heterocycles. The topological polar surface area (TPSA) is 68.7 Å². The van der Waals surface area contributed by atoms with E-state index < -0.39 is 11.0 Å². The van der Waals surface area contributed by atoms with Gasteiger partial charge in [-0.2, -0.15) is 0 Å². The number of benzene rings is 2. The highest BCUT2D eigenvalue weighted by Gasteiger charge is 2.72. The van der Waals surface area contributed by atoms with Crippen molar-refractivity contribution in [1.82, 2.24) is 9.88 Å². The summed E-state index contributed by atoms with van der Waals surface area (Å²) in [5.41, 5.74) is 5.08. The van der Waals surface area contributed by atoms with Gasteiger partial charge in [0.2, 0.25) is 0 Å². The molecule has 3 N–H and O–H groups in total. The van der Waals surface area contributed by atoms with Crippen LogP contribution in [0.2, 0.25) is 0 Å². The molecule has 5 heteroatoms. The molecule has 31 heavy (non-hydrogen) atoms. The highest BCUT2D eigenvalue weighted by Crippen LogP contribution is 2.68. The number of fused-ring (bicyclic) bond motifs is 4. The number of phenols is 1. The van der Waals surface area contributed by atoms with Crippen molar-refractivity contribution >= 4 is 10.9 Å². The Kier molecular flexibility index (Phi) is 3.19. The molecule has 1 spiro atoms. The first-order valence-corrected chi connectivity index (χ1v) is 11.2. The molecule has 158 valence electrons. The molecular formula is C26H26N2O3. The molecule has 2 bridgehead atoms. The maximum Gasteiger partial charge on any atom is 0.166 e. The molecule has 0 radical (unpaired) electrons. The molecule has 1 unspecified atom stereocenters. The lowest BCUT2D eigenvalue weighted by Crippen LogP contribution is -2.74. The molecule has 5 nitrogen and oxygen atoms in total. The summed E-state index contributed by atoms with van der Waals surface area (Å²) in [6.45, 7) is 7.87. The number of likely N-dealkylation sites (tertiary alicyclic amines) is 1. The number of ether oxygens (including phenoxy) is 1. The van der Waals surface area contributed by atoms with Crippen LogP contribution in [0.4, 0.5) is 0 Å². The second-order valence-electron chi connectivity index (χ2n) is 9.98. The van der Waals surface area contributed by atoms with Crippen molar-refractivity contribution in [2.24, 2.45) is 0 Å². The SMILES string of the molecule is C=C(C)CN1CC[C@]23c4c5ccc(O)c4O[C@H]2c2[nH]c4ccccc4c2C[C@@]3(O)C1C5. The highest BCUT2D eigenvalue weighted by atomic mass is 16.5. The van der Waals surface area contributed by atoms with Crippen molar-refractivity contribution in [1.29, 1.82) is 0 Å². The van der Waals surface area contributed by atoms with E-state index >= 15 is 0 Å². The van der Waals surface area contributed by atoms with Crippen LogP contribution < -0.4 is 4.74 Å². The van der Waals surface area contributed by atoms with E-state index in [2.05, 4.69) is 35.5 Å². The minimum Gasteiger partial charge on any atom is -0.504 e. The van der Waals surface area contributed by atoms with Gasteiger partial charge in [0.1, 0.15) is 0 Å². The van der Waals surface area contributed by atoms with Crippen LogP contribution in [0.3, 0.4) is 0 Å². The number of para-hydroxylation sites is 1. The van der Waals surface area contributed by atoms with Gasteiger partial charge in [-0.3, -0.25) is 4.90 Å². The van der Waals surface area contributed by atoms with E-state index in [1.165, 1.54) is 5.56 Å². The van der Waals surface area contributed by atoms with E-state index in [0.29, 0.717) is 12.2 Å². The summed E-state index contributed by atoms with van der Waals surface area (Å²) in [4.78, 5) is 6.03. The Hall–Kier alpha value is -2.76. The molecule has 4 aliphatic rings. The molecule has 0 saturated carbocycles. The molecule has 1 aromatic heterocycles. The molecule has 1 saturated heterocycles. The lowest BCUT2D eigenvalue weighted by atomic mass is 9.49. The Morgan fingerprint density at radius 2 is 2.13 bits per heavy atom. The Morgan fingerprint density at radius 1 is 1.29 bits per heavy atom. The van der Waals surface area contributed by atoms with Crippen LogP contribution >= 0.6 is 0 Å². The lowest BCUT2D eigenvalue weighted by Gasteiger charge is -2.62. The van der Waals surface area contributed by atoms with Gasteiger partial charge in [-0.05, 0) is 43.0 Å². The fraction of sp³-hybridized carbons (Fsp3) is 0.385. The smallest absolute Gasteiger partial charge is 0.166 e. The quantitative estimate of drug-likeness (QED) is 0.559. The second-order valence-corrected chi connectivity index (χ2v) is 9.98. The summed E-state index contributed by atoms with van der Waals surface area (Å²) in [7, 11) is 0. The van der Waals surface area contributed by atoms with Crippen LogP contribution in [-0.4, -0.2) is 44.8 Å². The number of aromatic hydroxyl groups is 1. The van der Waals surface area contributed by atoms with E-state index in [0.717, 1.165) is 59.2 Å². The largest absolute Gasteiger partial charge is 0.504 e. The number of phenolic OH excluding ortho intramolecular Hbond substituents is 1. The van der Waals surface area contributed by atoms with Gasteiger partial charge < -0.3 is 19.9 Å². The number of aromatic nitrogens is 1. The third-order valence-corrected chi connectivity index (χ3v) is 8.35. The minimum atomic E-state index is -0.977. The van der Waals surface area contributed by atoms with Crippen LogP contribution in [0.15, 0.2) is 48.6 Å². The molecule has 3 heterocycles. The first-order valence-electron chi connectivity index (χ1n) is 11.2. The lowest BCUT2D eigenvalue weighted by molar-refractivity contribution is -0.170. The van der Waals surface area contributed by atoms with Gasteiger partial charge in [-0.25, -0.2) is 0 Å². The van der Waals surface area contributed by atoms with Crippen LogP contribution in [-0.2, 0) is 18.3 Å². The summed E-state index contributed by atoms with van der Waals surface area (Å²) in [5, 5.41) is 24.5. The summed E-state index contributed by atoms with van der Waals surface area (Å²) in [6.07, 6.45) is 1.79. The molecule has 1 fully saturated rings. The minimum absolute atomic E-state index is 0.0196. The van der Waals surface area contributed by atoms with Crippen molar-refractivity contribution in [3.8, 4) is 11.5 Å². The Morgan fingerprint density at radius 3 is 2.97 bits per heavy atom. The highest BCUT2D eigenvalue weighted by molar-refractivity contribution is 5.86. The second kappa shape index (κ2) is 5.53. The van der Waals surface area contributed by atoms with Crippen molar-refractivity contribution < 1.29 is 14.9 Å². The number of aromatic amines is 1. The third kappa shape index (κ3) is 1.91. The zero-order valence-corrected chi connectivity index (χ0v) is 17.6. The Labute approximate surface area is 181 Å². The number of nitrogens with one attached hydrogen (secondary N) is 1. The summed E-state index contributed by atoms with van der Waals surface area (Å²) in [5.74, 6) is 0.740. The standard InChI is InChI=1S/C26H26N2O3/c1-14(2)13-28-10-9-25-21-15-7-8-19(29)23(21)31-24(25)22-17(12-26(25,30)20(28)11-15)16-5-3-4-6-18(16)27-22/h3-8,20,24,27,29-30H,1,9-13H2,2H3/t20?,24-,25-,26+/m0/s1. The summed E-state index contributed by atoms with van der Waals surface area (Å²) < 4.78 is 6.57. The van der Waals surface area contributed by atoms with Crippen LogP contribution in [0.1, 0.15) is 41.8 Å². The molecule has 2 aliphatic carbocycles. The maximum atomic E-state index is 12.7. The first-order chi connectivity index (χ1) is 14.9. The number of nitrogens with zero attached hydrogens (tertiary/aromatic N) is 1. The van der Waals surface area contributed by atoms with Crippen LogP contribution in [0.25, 0.3) is 10.9 Å². The molecule has 3 aromatic rings. The molecule has 0 amide bonds. The number of H-pyrrole nitrogens is 1. The van der Waals surface area contributed by atoms with Crippen molar-refractivity contribution in [2.75, 3.05) is 13.1 Å². The number of piperidine rings is 1. The van der Waals surface area contributed by atoms with E-state index in [1.54, 1.807) is 6.07 Å². The number of rotatable bonds is 2. The maximum absolute atomic E-state index is 12.7. The van der Waals surface area contributed by atoms with Gasteiger partial charge in [0.25, 0.3) is 0 Å². The predicted molar refractivity (Wildman–Crippen MR) is 119 cm³/mol. The summed E-state index contributed by atoms with van der Waals surface area (Å²) in [6, 6.07) is 12.1. The van der Waals surface area contributed by atoms with Crippen molar-refractivity contribution in [3.05, 3.63) is 70.9 Å². The van der Waals surface area contributed by atoms with E-state index in [-0.39, 0.29) is 17.9 Å². The summed E-state index contributed by atoms with van der Waals surface area (Å²) >= 11 is 0. The van der Waals surface area contributed by atoms with Gasteiger partial charge in [-0.15, -0.1) is 0 Å². The Bertz CT molecular complexity index is 1290. The molecule has 4 atom stereocenters. The molecular weight excluding hydrogens is 388 g/mol. The first kappa shape index (κ1) is 17.9. The number of aliphatic hydroxyl groups is 1. The monoisotopic (exact) mass is 414 g/mol. The van der Waals surface area contributed by atoms with Gasteiger partial charge >= 0.3 is 0 Å². The van der Waals surface area contributed by atoms with E-state index in [1.807, 2.05) is 18.2 Å². The van der Waals surface area contributed by atoms with Gasteiger partial charge in [0.15, 0.2) is 17.6 Å². The zero-order valence-electron chi connectivity index (χ0n) is 17.6. The predicted octanol–water partition coefficient (Wildman–Crippen LogP) is 3.74. The average Bonchev–Trinajstić information content (AvgIpc) is 3.27. The third-order valence-electron chi connectivity index (χ3n) is 8.35. The Balaban J connectivity index is 1.54. The van der Waals surface area contributed by atoms with E-state index in [4.69, 9.17) is 4.74 Å².